The molecule has 5 N–H and O–H groups in total. The van der Waals surface area contributed by atoms with Crippen LogP contribution >= 0.6 is 0 Å². The number of nitrogens with one attached hydrogen (secondary N) is 2. The molecule has 2 aromatic carbocycles. The van der Waals surface area contributed by atoms with E-state index in [1.165, 1.54) is 5.69 Å². The monoisotopic (exact) mass is 598 g/mol. The van der Waals surface area contributed by atoms with E-state index in [4.69, 9.17) is 14.9 Å². The summed E-state index contributed by atoms with van der Waals surface area (Å²) in [7, 11) is 0. The predicted molar refractivity (Wildman–Crippen MR) is 168 cm³/mol. The first-order chi connectivity index (χ1) is 20.6. The number of para-hydroxylation sites is 1. The molecule has 1 aliphatic heterocycles. The van der Waals surface area contributed by atoms with Crippen molar-refractivity contribution >= 4 is 29.2 Å². The fourth-order valence-electron chi connectivity index (χ4n) is 4.29. The number of nitrogens with zero attached hydrogens (tertiary/aromatic N) is 2. The van der Waals surface area contributed by atoms with Gasteiger partial charge in [0.2, 0.25) is 5.91 Å². The number of carboxylic acid groups (broad SMARTS) is 2. The minimum absolute atomic E-state index is 0.0466. The van der Waals surface area contributed by atoms with Gasteiger partial charge in [-0.2, -0.15) is 0 Å². The second kappa shape index (κ2) is 20.1. The van der Waals surface area contributed by atoms with Crippen molar-refractivity contribution in [1.29, 1.82) is 0 Å². The van der Waals surface area contributed by atoms with Gasteiger partial charge in [0.1, 0.15) is 18.5 Å². The lowest BCUT2D eigenvalue weighted by molar-refractivity contribution is -0.134. The molecule has 1 amide bonds. The van der Waals surface area contributed by atoms with E-state index >= 15 is 0 Å². The number of carbonyl (C=O) groups is 3. The molecule has 0 saturated carbocycles. The molecule has 236 valence electrons. The van der Waals surface area contributed by atoms with Gasteiger partial charge in [-0.25, -0.2) is 9.59 Å². The number of aliphatic carboxylic acids is 2. The van der Waals surface area contributed by atoms with Gasteiger partial charge in [0.15, 0.2) is 0 Å². The SMILES string of the molecule is CC(C)NCC(O)COc1ccc(NC(=O)CCCCCN2CCN(c3ccccc3)CC2)cc1.O=C(O)/C=C\C(=O)O. The largest absolute Gasteiger partial charge is 0.491 e. The second-order valence-electron chi connectivity index (χ2n) is 10.6. The zero-order valence-corrected chi connectivity index (χ0v) is 25.2. The zero-order valence-electron chi connectivity index (χ0n) is 25.2. The Morgan fingerprint density at radius 3 is 2.09 bits per heavy atom. The Morgan fingerprint density at radius 1 is 0.884 bits per heavy atom. The standard InChI is InChI=1S/C28H42N4O3.C4H4O4/c1-23(2)29-21-26(33)22-35-27-14-12-24(13-15-27)30-28(34)11-7-4-8-16-31-17-19-32(20-18-31)25-9-5-3-6-10-25;5-3(6)1-2-4(7)8/h3,5-6,9-10,12-15,23,26,29,33H,4,7-8,11,16-22H2,1-2H3,(H,30,34);1-2H,(H,5,6)(H,7,8)/b;2-1-. The molecule has 2 aromatic rings. The average Bonchev–Trinajstić information content (AvgIpc) is 2.99. The summed E-state index contributed by atoms with van der Waals surface area (Å²) >= 11 is 0. The molecule has 11 nitrogen and oxygen atoms in total. The highest BCUT2D eigenvalue weighted by atomic mass is 16.5. The van der Waals surface area contributed by atoms with E-state index < -0.39 is 18.0 Å². The summed E-state index contributed by atoms with van der Waals surface area (Å²) in [6.45, 7) is 10.3. The summed E-state index contributed by atoms with van der Waals surface area (Å²) in [4.78, 5) is 36.4. The number of anilines is 2. The van der Waals surface area contributed by atoms with Crippen LogP contribution in [0.3, 0.4) is 0 Å². The fourth-order valence-corrected chi connectivity index (χ4v) is 4.29. The number of carboxylic acids is 2. The van der Waals surface area contributed by atoms with Crippen LogP contribution in [-0.4, -0.2) is 96.1 Å². The third-order valence-electron chi connectivity index (χ3n) is 6.58. The number of aliphatic hydroxyl groups excluding tert-OH is 1. The molecule has 0 radical (unpaired) electrons. The van der Waals surface area contributed by atoms with Crippen LogP contribution in [0.25, 0.3) is 0 Å². The van der Waals surface area contributed by atoms with Gasteiger partial charge in [-0.1, -0.05) is 38.5 Å². The Labute approximate surface area is 254 Å². The highest BCUT2D eigenvalue weighted by Gasteiger charge is 2.16. The van der Waals surface area contributed by atoms with Gasteiger partial charge >= 0.3 is 11.9 Å². The smallest absolute Gasteiger partial charge is 0.328 e. The zero-order chi connectivity index (χ0) is 31.5. The van der Waals surface area contributed by atoms with Gasteiger partial charge in [0, 0.05) is 68.7 Å². The maximum atomic E-state index is 12.3. The van der Waals surface area contributed by atoms with Crippen LogP contribution in [0, 0.1) is 0 Å². The number of hydrogen-bond acceptors (Lipinski definition) is 8. The van der Waals surface area contributed by atoms with Crippen molar-refractivity contribution < 1.29 is 34.4 Å². The van der Waals surface area contributed by atoms with Crippen LogP contribution in [0.2, 0.25) is 0 Å². The van der Waals surface area contributed by atoms with Gasteiger partial charge in [-0.15, -0.1) is 0 Å². The summed E-state index contributed by atoms with van der Waals surface area (Å²) in [5, 5.41) is 31.7. The molecule has 0 aromatic heterocycles. The fraction of sp³-hybridized carbons (Fsp3) is 0.469. The normalized spacial score (nSPS) is 14.2. The number of rotatable bonds is 16. The molecule has 1 saturated heterocycles. The molecule has 3 rings (SSSR count). The molecule has 43 heavy (non-hydrogen) atoms. The van der Waals surface area contributed by atoms with Crippen molar-refractivity contribution in [2.24, 2.45) is 0 Å². The van der Waals surface area contributed by atoms with Crippen molar-refractivity contribution in [1.82, 2.24) is 10.2 Å². The first kappa shape index (κ1) is 35.3. The quantitative estimate of drug-likeness (QED) is 0.144. The molecule has 0 bridgehead atoms. The van der Waals surface area contributed by atoms with Crippen LogP contribution < -0.4 is 20.3 Å². The highest BCUT2D eigenvalue weighted by molar-refractivity contribution is 5.90. The van der Waals surface area contributed by atoms with E-state index in [-0.39, 0.29) is 12.5 Å². The Bertz CT molecular complexity index is 1100. The first-order valence-corrected chi connectivity index (χ1v) is 14.7. The van der Waals surface area contributed by atoms with Gasteiger partial charge in [-0.3, -0.25) is 9.69 Å². The minimum Gasteiger partial charge on any atom is -0.491 e. The van der Waals surface area contributed by atoms with Gasteiger partial charge in [0.25, 0.3) is 0 Å². The Balaban J connectivity index is 0.000000708. The Kier molecular flexibility index (Phi) is 16.5. The topological polar surface area (TPSA) is 152 Å². The highest BCUT2D eigenvalue weighted by Crippen LogP contribution is 2.17. The molecule has 1 aliphatic rings. The molecule has 1 fully saturated rings. The number of piperazine rings is 1. The van der Waals surface area contributed by atoms with Crippen LogP contribution in [-0.2, 0) is 14.4 Å². The van der Waals surface area contributed by atoms with E-state index in [1.54, 1.807) is 0 Å². The lowest BCUT2D eigenvalue weighted by Gasteiger charge is -2.36. The molecule has 0 spiro atoms. The molecule has 11 heteroatoms. The predicted octanol–water partition coefficient (Wildman–Crippen LogP) is 3.46. The van der Waals surface area contributed by atoms with Crippen LogP contribution in [0.15, 0.2) is 66.7 Å². The summed E-state index contributed by atoms with van der Waals surface area (Å²) in [6, 6.07) is 18.3. The van der Waals surface area contributed by atoms with Crippen molar-refractivity contribution in [2.75, 3.05) is 56.1 Å². The number of carbonyl (C=O) groups excluding carboxylic acids is 1. The van der Waals surface area contributed by atoms with Crippen molar-refractivity contribution in [2.45, 2.75) is 51.7 Å². The minimum atomic E-state index is -1.26. The number of hydrogen-bond donors (Lipinski definition) is 5. The lowest BCUT2D eigenvalue weighted by Crippen LogP contribution is -2.46. The molecule has 1 atom stereocenters. The molecule has 1 unspecified atom stereocenters. The third-order valence-corrected chi connectivity index (χ3v) is 6.58. The number of ether oxygens (including phenoxy) is 1. The van der Waals surface area contributed by atoms with Gasteiger partial charge in [0.05, 0.1) is 0 Å². The number of amides is 1. The Hall–Kier alpha value is -3.93. The molecule has 1 heterocycles. The van der Waals surface area contributed by atoms with Crippen LogP contribution in [0.5, 0.6) is 5.75 Å². The van der Waals surface area contributed by atoms with E-state index in [0.717, 1.165) is 57.7 Å². The average molecular weight is 599 g/mol. The first-order valence-electron chi connectivity index (χ1n) is 14.7. The van der Waals surface area contributed by atoms with Crippen LogP contribution in [0.1, 0.15) is 39.5 Å². The summed E-state index contributed by atoms with van der Waals surface area (Å²) in [5.74, 6) is -1.79. The van der Waals surface area contributed by atoms with Crippen molar-refractivity contribution in [3.8, 4) is 5.75 Å². The van der Waals surface area contributed by atoms with Crippen LogP contribution in [0.4, 0.5) is 11.4 Å². The maximum Gasteiger partial charge on any atom is 0.328 e. The number of aliphatic hydroxyl groups is 1. The maximum absolute atomic E-state index is 12.3. The van der Waals surface area contributed by atoms with Gasteiger partial charge < -0.3 is 35.6 Å². The van der Waals surface area contributed by atoms with Crippen molar-refractivity contribution in [3.05, 3.63) is 66.7 Å². The van der Waals surface area contributed by atoms with E-state index in [9.17, 15) is 19.5 Å². The van der Waals surface area contributed by atoms with E-state index in [2.05, 4.69) is 50.8 Å². The van der Waals surface area contributed by atoms with E-state index in [1.807, 2.05) is 38.1 Å². The summed E-state index contributed by atoms with van der Waals surface area (Å²) in [5.41, 5.74) is 2.08. The molecular formula is C32H46N4O7. The Morgan fingerprint density at radius 2 is 1.51 bits per heavy atom. The van der Waals surface area contributed by atoms with E-state index in [0.29, 0.717) is 36.9 Å². The van der Waals surface area contributed by atoms with Gasteiger partial charge in [-0.05, 0) is 55.8 Å². The lowest BCUT2D eigenvalue weighted by atomic mass is 10.1. The number of unbranched alkanes of at least 4 members (excludes halogenated alkanes) is 2. The van der Waals surface area contributed by atoms with Crippen molar-refractivity contribution in [3.63, 3.8) is 0 Å². The second-order valence-corrected chi connectivity index (χ2v) is 10.6. The molecule has 0 aliphatic carbocycles. The third kappa shape index (κ3) is 16.3. The summed E-state index contributed by atoms with van der Waals surface area (Å²) in [6.07, 6.45) is 4.19. The molecular weight excluding hydrogens is 552 g/mol. The number of benzene rings is 2. The summed E-state index contributed by atoms with van der Waals surface area (Å²) < 4.78 is 5.62.